The molecule has 0 saturated heterocycles. The number of thioether (sulfide) groups is 1. The van der Waals surface area contributed by atoms with Crippen molar-refractivity contribution in [1.82, 2.24) is 0 Å². The molecule has 0 bridgehead atoms. The molecule has 0 radical (unpaired) electrons. The molecule has 0 spiro atoms. The van der Waals surface area contributed by atoms with Gasteiger partial charge >= 0.3 is 0 Å². The number of aliphatic hydroxyl groups excluding tert-OH is 1. The van der Waals surface area contributed by atoms with Gasteiger partial charge in [0.15, 0.2) is 11.6 Å². The van der Waals surface area contributed by atoms with Crippen LogP contribution in [0.25, 0.3) is 0 Å². The lowest BCUT2D eigenvalue weighted by atomic mass is 10.1. The van der Waals surface area contributed by atoms with Gasteiger partial charge in [-0.2, -0.15) is 11.8 Å². The van der Waals surface area contributed by atoms with E-state index in [-0.39, 0.29) is 12.0 Å². The standard InChI is InChI=1S/C10H12F2OS/c1-14-6-8(13)5-7-3-2-4-9(11)10(7)12/h2-4,8,13H,5-6H2,1H3. The van der Waals surface area contributed by atoms with Gasteiger partial charge in [0.25, 0.3) is 0 Å². The minimum absolute atomic E-state index is 0.157. The van der Waals surface area contributed by atoms with Gasteiger partial charge in [0.1, 0.15) is 0 Å². The van der Waals surface area contributed by atoms with Crippen molar-refractivity contribution in [2.45, 2.75) is 12.5 Å². The van der Waals surface area contributed by atoms with E-state index in [1.54, 1.807) is 0 Å². The summed E-state index contributed by atoms with van der Waals surface area (Å²) in [6, 6.07) is 4.00. The largest absolute Gasteiger partial charge is 0.392 e. The Bertz CT molecular complexity index is 304. The van der Waals surface area contributed by atoms with E-state index in [4.69, 9.17) is 0 Å². The van der Waals surface area contributed by atoms with Gasteiger partial charge < -0.3 is 5.11 Å². The summed E-state index contributed by atoms with van der Waals surface area (Å²) in [5, 5.41) is 9.41. The van der Waals surface area contributed by atoms with Crippen LogP contribution >= 0.6 is 11.8 Å². The second-order valence-electron chi connectivity index (χ2n) is 3.03. The summed E-state index contributed by atoms with van der Waals surface area (Å²) in [7, 11) is 0. The molecule has 14 heavy (non-hydrogen) atoms. The van der Waals surface area contributed by atoms with Crippen LogP contribution in [0.15, 0.2) is 18.2 Å². The predicted molar refractivity (Wildman–Crippen MR) is 54.5 cm³/mol. The minimum atomic E-state index is -0.862. The predicted octanol–water partition coefficient (Wildman–Crippen LogP) is 2.23. The fourth-order valence-electron chi connectivity index (χ4n) is 1.21. The minimum Gasteiger partial charge on any atom is -0.392 e. The van der Waals surface area contributed by atoms with Crippen LogP contribution in [0.1, 0.15) is 5.56 Å². The van der Waals surface area contributed by atoms with Crippen molar-refractivity contribution in [1.29, 1.82) is 0 Å². The average Bonchev–Trinajstić information content (AvgIpc) is 2.13. The van der Waals surface area contributed by atoms with Crippen molar-refractivity contribution in [3.63, 3.8) is 0 Å². The van der Waals surface area contributed by atoms with E-state index < -0.39 is 17.7 Å². The Balaban J connectivity index is 2.71. The highest BCUT2D eigenvalue weighted by Gasteiger charge is 2.11. The van der Waals surface area contributed by atoms with E-state index in [1.165, 1.54) is 23.9 Å². The van der Waals surface area contributed by atoms with E-state index in [9.17, 15) is 13.9 Å². The summed E-state index contributed by atoms with van der Waals surface area (Å²) < 4.78 is 25.9. The third kappa shape index (κ3) is 2.96. The molecule has 1 N–H and O–H groups in total. The fraction of sp³-hybridized carbons (Fsp3) is 0.400. The maximum absolute atomic E-state index is 13.1. The van der Waals surface area contributed by atoms with E-state index >= 15 is 0 Å². The number of rotatable bonds is 4. The lowest BCUT2D eigenvalue weighted by Crippen LogP contribution is -2.14. The second-order valence-corrected chi connectivity index (χ2v) is 3.94. The molecule has 0 fully saturated rings. The molecule has 0 aromatic heterocycles. The van der Waals surface area contributed by atoms with E-state index in [0.717, 1.165) is 6.07 Å². The van der Waals surface area contributed by atoms with Crippen LogP contribution in [-0.2, 0) is 6.42 Å². The normalized spacial score (nSPS) is 12.9. The van der Waals surface area contributed by atoms with Crippen LogP contribution in [0.3, 0.4) is 0 Å². The molecule has 0 aliphatic rings. The molecular formula is C10H12F2OS. The first-order chi connectivity index (χ1) is 6.65. The zero-order valence-corrected chi connectivity index (χ0v) is 8.65. The first-order valence-electron chi connectivity index (χ1n) is 4.25. The van der Waals surface area contributed by atoms with Gasteiger partial charge in [0.2, 0.25) is 0 Å². The SMILES string of the molecule is CSCC(O)Cc1cccc(F)c1F. The molecule has 1 nitrogen and oxygen atoms in total. The lowest BCUT2D eigenvalue weighted by Gasteiger charge is -2.09. The van der Waals surface area contributed by atoms with Crippen molar-refractivity contribution in [3.8, 4) is 0 Å². The third-order valence-electron chi connectivity index (χ3n) is 1.85. The molecule has 78 valence electrons. The number of aliphatic hydroxyl groups is 1. The molecule has 4 heteroatoms. The monoisotopic (exact) mass is 218 g/mol. The highest BCUT2D eigenvalue weighted by Crippen LogP contribution is 2.14. The first kappa shape index (κ1) is 11.5. The van der Waals surface area contributed by atoms with E-state index in [2.05, 4.69) is 0 Å². The summed E-state index contributed by atoms with van der Waals surface area (Å²) in [4.78, 5) is 0. The molecule has 0 aliphatic heterocycles. The maximum atomic E-state index is 13.1. The first-order valence-corrected chi connectivity index (χ1v) is 5.64. The van der Waals surface area contributed by atoms with E-state index in [0.29, 0.717) is 5.75 Å². The summed E-state index contributed by atoms with van der Waals surface area (Å²) in [6.45, 7) is 0. The van der Waals surface area contributed by atoms with Crippen molar-refractivity contribution < 1.29 is 13.9 Å². The average molecular weight is 218 g/mol. The topological polar surface area (TPSA) is 20.2 Å². The Hall–Kier alpha value is -0.610. The van der Waals surface area contributed by atoms with Crippen molar-refractivity contribution in [2.24, 2.45) is 0 Å². The Morgan fingerprint density at radius 2 is 2.14 bits per heavy atom. The zero-order chi connectivity index (χ0) is 10.6. The smallest absolute Gasteiger partial charge is 0.162 e. The van der Waals surface area contributed by atoms with Crippen LogP contribution < -0.4 is 0 Å². The highest BCUT2D eigenvalue weighted by atomic mass is 32.2. The van der Waals surface area contributed by atoms with Crippen molar-refractivity contribution in [3.05, 3.63) is 35.4 Å². The van der Waals surface area contributed by atoms with Crippen LogP contribution in [0.5, 0.6) is 0 Å². The van der Waals surface area contributed by atoms with Crippen LogP contribution in [-0.4, -0.2) is 23.2 Å². The molecule has 1 rings (SSSR count). The Morgan fingerprint density at radius 3 is 2.79 bits per heavy atom. The molecule has 0 heterocycles. The number of benzene rings is 1. The van der Waals surface area contributed by atoms with Gasteiger partial charge in [-0.3, -0.25) is 0 Å². The lowest BCUT2D eigenvalue weighted by molar-refractivity contribution is 0.198. The Kier molecular flexibility index (Phi) is 4.35. The summed E-state index contributed by atoms with van der Waals surface area (Å²) in [5.41, 5.74) is 0.228. The van der Waals surface area contributed by atoms with E-state index in [1.807, 2.05) is 6.26 Å². The number of hydrogen-bond acceptors (Lipinski definition) is 2. The van der Waals surface area contributed by atoms with Gasteiger partial charge in [0.05, 0.1) is 6.10 Å². The zero-order valence-electron chi connectivity index (χ0n) is 7.84. The Labute approximate surface area is 86.1 Å². The van der Waals surface area contributed by atoms with Crippen LogP contribution in [0.2, 0.25) is 0 Å². The molecule has 0 saturated carbocycles. The third-order valence-corrected chi connectivity index (χ3v) is 2.56. The quantitative estimate of drug-likeness (QED) is 0.836. The number of halogens is 2. The maximum Gasteiger partial charge on any atom is 0.162 e. The van der Waals surface area contributed by atoms with Gasteiger partial charge in [-0.25, -0.2) is 8.78 Å². The molecule has 0 aliphatic carbocycles. The number of hydrogen-bond donors (Lipinski definition) is 1. The van der Waals surface area contributed by atoms with Crippen LogP contribution in [0.4, 0.5) is 8.78 Å². The fourth-order valence-corrected chi connectivity index (χ4v) is 1.71. The highest BCUT2D eigenvalue weighted by molar-refractivity contribution is 7.98. The molecule has 1 unspecified atom stereocenters. The van der Waals surface area contributed by atoms with Crippen LogP contribution in [0, 0.1) is 11.6 Å². The van der Waals surface area contributed by atoms with Gasteiger partial charge in [-0.15, -0.1) is 0 Å². The molecule has 1 aromatic carbocycles. The van der Waals surface area contributed by atoms with Gasteiger partial charge in [0, 0.05) is 12.2 Å². The van der Waals surface area contributed by atoms with Crippen molar-refractivity contribution >= 4 is 11.8 Å². The molecule has 0 amide bonds. The molecule has 1 atom stereocenters. The van der Waals surface area contributed by atoms with Gasteiger partial charge in [-0.1, -0.05) is 12.1 Å². The van der Waals surface area contributed by atoms with Gasteiger partial charge in [-0.05, 0) is 17.9 Å². The van der Waals surface area contributed by atoms with Crippen molar-refractivity contribution in [2.75, 3.05) is 12.0 Å². The summed E-state index contributed by atoms with van der Waals surface area (Å²) in [6.07, 6.45) is 1.39. The summed E-state index contributed by atoms with van der Waals surface area (Å²) >= 11 is 1.47. The molecule has 1 aromatic rings. The molecular weight excluding hydrogens is 206 g/mol. The Morgan fingerprint density at radius 1 is 1.43 bits per heavy atom. The summed E-state index contributed by atoms with van der Waals surface area (Å²) in [5.74, 6) is -1.19. The second kappa shape index (κ2) is 5.32.